The van der Waals surface area contributed by atoms with E-state index in [0.717, 1.165) is 0 Å². The first kappa shape index (κ1) is 9.95. The second-order valence-corrected chi connectivity index (χ2v) is 1.83. The summed E-state index contributed by atoms with van der Waals surface area (Å²) in [5, 5.41) is 0. The van der Waals surface area contributed by atoms with Crippen molar-refractivity contribution in [2.75, 3.05) is 13.2 Å². The second kappa shape index (κ2) is 7.06. The Morgan fingerprint density at radius 3 is 3.00 bits per heavy atom. The number of nitrogens with two attached hydrogens (primary N) is 1. The summed E-state index contributed by atoms with van der Waals surface area (Å²) in [6.07, 6.45) is 0.704. The molecule has 62 valence electrons. The van der Waals surface area contributed by atoms with Crippen molar-refractivity contribution < 1.29 is 9.63 Å². The Morgan fingerprint density at radius 1 is 1.73 bits per heavy atom. The number of amides is 1. The average Bonchev–Trinajstić information content (AvgIpc) is 1.96. The van der Waals surface area contributed by atoms with Crippen LogP contribution in [0.3, 0.4) is 0 Å². The smallest absolute Gasteiger partial charge is 0.245 e. The van der Waals surface area contributed by atoms with Gasteiger partial charge in [0.2, 0.25) is 5.91 Å². The molecule has 0 aliphatic carbocycles. The molecule has 0 saturated carbocycles. The van der Waals surface area contributed by atoms with Crippen LogP contribution >= 0.6 is 0 Å². The molecule has 0 rings (SSSR count). The Morgan fingerprint density at radius 2 is 2.45 bits per heavy atom. The number of hydrogen-bond acceptors (Lipinski definition) is 3. The molecular formula is C7H12N2O2. The molecular weight excluding hydrogens is 144 g/mol. The predicted octanol–water partition coefficient (Wildman–Crippen LogP) is -0.594. The molecule has 0 bridgehead atoms. The molecule has 0 unspecified atom stereocenters. The molecule has 0 aromatic carbocycles. The van der Waals surface area contributed by atoms with E-state index in [-0.39, 0.29) is 6.61 Å². The van der Waals surface area contributed by atoms with E-state index >= 15 is 0 Å². The van der Waals surface area contributed by atoms with E-state index in [4.69, 9.17) is 5.73 Å². The fraction of sp³-hybridized carbons (Fsp3) is 0.571. The Hall–Kier alpha value is -1.05. The highest BCUT2D eigenvalue weighted by Crippen LogP contribution is 1.72. The monoisotopic (exact) mass is 156 g/mol. The lowest BCUT2D eigenvalue weighted by molar-refractivity contribution is -0.125. The van der Waals surface area contributed by atoms with Crippen LogP contribution in [0.15, 0.2) is 0 Å². The van der Waals surface area contributed by atoms with Gasteiger partial charge in [-0.05, 0) is 6.92 Å². The van der Waals surface area contributed by atoms with Gasteiger partial charge in [0.05, 0.1) is 0 Å². The SMILES string of the molecule is CC#CCCNOCC(N)=O. The predicted molar refractivity (Wildman–Crippen MR) is 41.2 cm³/mol. The van der Waals surface area contributed by atoms with Crippen molar-refractivity contribution in [1.82, 2.24) is 5.48 Å². The molecule has 4 heteroatoms. The van der Waals surface area contributed by atoms with Gasteiger partial charge in [-0.1, -0.05) is 0 Å². The first-order valence-corrected chi connectivity index (χ1v) is 3.30. The summed E-state index contributed by atoms with van der Waals surface area (Å²) in [7, 11) is 0. The van der Waals surface area contributed by atoms with Crippen LogP contribution in [-0.4, -0.2) is 19.1 Å². The van der Waals surface area contributed by atoms with Crippen LogP contribution < -0.4 is 11.2 Å². The van der Waals surface area contributed by atoms with E-state index in [1.807, 2.05) is 0 Å². The Kier molecular flexibility index (Phi) is 6.39. The summed E-state index contributed by atoms with van der Waals surface area (Å²) < 4.78 is 0. The third-order valence-corrected chi connectivity index (χ3v) is 0.845. The summed E-state index contributed by atoms with van der Waals surface area (Å²) in [5.41, 5.74) is 7.35. The zero-order chi connectivity index (χ0) is 8.53. The highest BCUT2D eigenvalue weighted by Gasteiger charge is 1.91. The highest BCUT2D eigenvalue weighted by molar-refractivity contribution is 5.74. The number of hydrogen-bond donors (Lipinski definition) is 2. The minimum absolute atomic E-state index is 0.0977. The number of primary amides is 1. The molecule has 3 N–H and O–H groups in total. The molecule has 0 aromatic rings. The maximum Gasteiger partial charge on any atom is 0.245 e. The fourth-order valence-corrected chi connectivity index (χ4v) is 0.433. The summed E-state index contributed by atoms with van der Waals surface area (Å²) in [5.74, 6) is 5.07. The largest absolute Gasteiger partial charge is 0.368 e. The standard InChI is InChI=1S/C7H12N2O2/c1-2-3-4-5-9-11-6-7(8)10/h9H,4-6H2,1H3,(H2,8,10). The molecule has 0 aromatic heterocycles. The number of hydroxylamine groups is 1. The molecule has 11 heavy (non-hydrogen) atoms. The fourth-order valence-electron chi connectivity index (χ4n) is 0.433. The van der Waals surface area contributed by atoms with E-state index in [9.17, 15) is 4.79 Å². The third kappa shape index (κ3) is 8.95. The van der Waals surface area contributed by atoms with Gasteiger partial charge in [-0.15, -0.1) is 11.8 Å². The van der Waals surface area contributed by atoms with Gasteiger partial charge in [-0.2, -0.15) is 0 Å². The maximum absolute atomic E-state index is 10.1. The van der Waals surface area contributed by atoms with Crippen LogP contribution in [0.1, 0.15) is 13.3 Å². The summed E-state index contributed by atoms with van der Waals surface area (Å²) in [6, 6.07) is 0. The number of carbonyl (C=O) groups is 1. The number of rotatable bonds is 5. The van der Waals surface area contributed by atoms with Gasteiger partial charge < -0.3 is 5.73 Å². The lowest BCUT2D eigenvalue weighted by Gasteiger charge is -1.99. The molecule has 0 heterocycles. The summed E-state index contributed by atoms with van der Waals surface area (Å²) in [4.78, 5) is 14.8. The van der Waals surface area contributed by atoms with Crippen molar-refractivity contribution >= 4 is 5.91 Å². The molecule has 4 nitrogen and oxygen atoms in total. The zero-order valence-electron chi connectivity index (χ0n) is 6.52. The summed E-state index contributed by atoms with van der Waals surface area (Å²) in [6.45, 7) is 2.28. The van der Waals surface area contributed by atoms with Crippen molar-refractivity contribution in [3.8, 4) is 11.8 Å². The Bertz CT molecular complexity index is 169. The van der Waals surface area contributed by atoms with E-state index in [1.165, 1.54) is 0 Å². The topological polar surface area (TPSA) is 64.3 Å². The van der Waals surface area contributed by atoms with Crippen molar-refractivity contribution in [3.63, 3.8) is 0 Å². The van der Waals surface area contributed by atoms with E-state index in [2.05, 4.69) is 22.2 Å². The normalized spacial score (nSPS) is 8.45. The van der Waals surface area contributed by atoms with Crippen molar-refractivity contribution in [2.45, 2.75) is 13.3 Å². The zero-order valence-corrected chi connectivity index (χ0v) is 6.52. The van der Waals surface area contributed by atoms with Crippen LogP contribution in [-0.2, 0) is 9.63 Å². The highest BCUT2D eigenvalue weighted by atomic mass is 16.6. The van der Waals surface area contributed by atoms with Crippen molar-refractivity contribution in [3.05, 3.63) is 0 Å². The molecule has 1 amide bonds. The lowest BCUT2D eigenvalue weighted by Crippen LogP contribution is -2.25. The first-order chi connectivity index (χ1) is 5.27. The lowest BCUT2D eigenvalue weighted by atomic mass is 10.4. The van der Waals surface area contributed by atoms with Crippen LogP contribution in [0.5, 0.6) is 0 Å². The quantitative estimate of drug-likeness (QED) is 0.317. The third-order valence-electron chi connectivity index (χ3n) is 0.845. The van der Waals surface area contributed by atoms with Crippen LogP contribution in [0.2, 0.25) is 0 Å². The average molecular weight is 156 g/mol. The number of carbonyl (C=O) groups excluding carboxylic acids is 1. The molecule has 0 radical (unpaired) electrons. The molecule has 0 spiro atoms. The Labute approximate surface area is 66.0 Å². The summed E-state index contributed by atoms with van der Waals surface area (Å²) >= 11 is 0. The van der Waals surface area contributed by atoms with Crippen LogP contribution in [0.25, 0.3) is 0 Å². The van der Waals surface area contributed by atoms with E-state index in [0.29, 0.717) is 13.0 Å². The minimum Gasteiger partial charge on any atom is -0.368 e. The molecule has 0 aliphatic heterocycles. The van der Waals surface area contributed by atoms with E-state index < -0.39 is 5.91 Å². The second-order valence-electron chi connectivity index (χ2n) is 1.83. The van der Waals surface area contributed by atoms with Gasteiger partial charge >= 0.3 is 0 Å². The Balaban J connectivity index is 3.00. The van der Waals surface area contributed by atoms with Gasteiger partial charge in [-0.3, -0.25) is 9.63 Å². The van der Waals surface area contributed by atoms with Gasteiger partial charge in [0, 0.05) is 13.0 Å². The van der Waals surface area contributed by atoms with Gasteiger partial charge in [0.25, 0.3) is 0 Å². The molecule has 0 aliphatic rings. The van der Waals surface area contributed by atoms with Gasteiger partial charge in [-0.25, -0.2) is 5.48 Å². The molecule has 0 saturated heterocycles. The van der Waals surface area contributed by atoms with Gasteiger partial charge in [0.15, 0.2) is 0 Å². The minimum atomic E-state index is -0.487. The van der Waals surface area contributed by atoms with E-state index in [1.54, 1.807) is 6.92 Å². The van der Waals surface area contributed by atoms with Crippen LogP contribution in [0, 0.1) is 11.8 Å². The van der Waals surface area contributed by atoms with Crippen molar-refractivity contribution in [2.24, 2.45) is 5.73 Å². The van der Waals surface area contributed by atoms with Crippen molar-refractivity contribution in [1.29, 1.82) is 0 Å². The maximum atomic E-state index is 10.1. The first-order valence-electron chi connectivity index (χ1n) is 3.30. The van der Waals surface area contributed by atoms with Gasteiger partial charge in [0.1, 0.15) is 6.61 Å². The number of nitrogens with one attached hydrogen (secondary N) is 1. The van der Waals surface area contributed by atoms with Crippen LogP contribution in [0.4, 0.5) is 0 Å². The molecule has 0 atom stereocenters. The molecule has 0 fully saturated rings.